The van der Waals surface area contributed by atoms with Crippen molar-refractivity contribution in [2.24, 2.45) is 0 Å². The molecule has 1 saturated heterocycles. The van der Waals surface area contributed by atoms with E-state index in [1.165, 1.54) is 38.8 Å². The first-order valence-electron chi connectivity index (χ1n) is 5.69. The maximum Gasteiger partial charge on any atom is 0.0351 e. The van der Waals surface area contributed by atoms with Crippen molar-refractivity contribution in [3.05, 3.63) is 0 Å². The lowest BCUT2D eigenvalue weighted by molar-refractivity contribution is 0.162. The van der Waals surface area contributed by atoms with Crippen LogP contribution in [0.5, 0.6) is 0 Å². The fourth-order valence-electron chi connectivity index (χ4n) is 2.13. The molecule has 14 heavy (non-hydrogen) atoms. The van der Waals surface area contributed by atoms with Crippen molar-refractivity contribution >= 4 is 11.6 Å². The first-order chi connectivity index (χ1) is 6.74. The van der Waals surface area contributed by atoms with Crippen LogP contribution >= 0.6 is 11.6 Å². The number of likely N-dealkylation sites (tertiary alicyclic amines) is 1. The molecule has 3 heteroatoms. The molecule has 0 spiro atoms. The quantitative estimate of drug-likeness (QED) is 0.652. The maximum atomic E-state index is 5.69. The van der Waals surface area contributed by atoms with E-state index in [1.54, 1.807) is 0 Å². The molecule has 1 heterocycles. The Kier molecular flexibility index (Phi) is 5.83. The van der Waals surface area contributed by atoms with E-state index >= 15 is 0 Å². The Hall–Kier alpha value is 0.210. The average molecular weight is 219 g/mol. The molecule has 0 bridgehead atoms. The highest BCUT2D eigenvalue weighted by Gasteiger charge is 2.18. The van der Waals surface area contributed by atoms with Crippen molar-refractivity contribution < 1.29 is 0 Å². The van der Waals surface area contributed by atoms with Gasteiger partial charge in [0.15, 0.2) is 0 Å². The highest BCUT2D eigenvalue weighted by Crippen LogP contribution is 2.17. The van der Waals surface area contributed by atoms with Gasteiger partial charge in [-0.25, -0.2) is 0 Å². The largest absolute Gasteiger partial charge is 0.305 e. The van der Waals surface area contributed by atoms with E-state index in [4.69, 9.17) is 11.6 Å². The molecule has 2 nitrogen and oxygen atoms in total. The molecule has 0 aromatic carbocycles. The summed E-state index contributed by atoms with van der Waals surface area (Å²) in [5.41, 5.74) is 0. The van der Waals surface area contributed by atoms with Gasteiger partial charge in [0.2, 0.25) is 0 Å². The zero-order valence-electron chi connectivity index (χ0n) is 9.51. The Balaban J connectivity index is 2.15. The van der Waals surface area contributed by atoms with Gasteiger partial charge in [0, 0.05) is 18.5 Å². The number of rotatable bonds is 5. The summed E-state index contributed by atoms with van der Waals surface area (Å²) in [4.78, 5) is 4.84. The second-order valence-electron chi connectivity index (χ2n) is 4.41. The van der Waals surface area contributed by atoms with Crippen molar-refractivity contribution in [2.75, 3.05) is 39.6 Å². The number of halogens is 1. The first kappa shape index (κ1) is 12.3. The number of alkyl halides is 1. The van der Waals surface area contributed by atoms with Gasteiger partial charge in [-0.15, -0.1) is 11.6 Å². The lowest BCUT2D eigenvalue weighted by Crippen LogP contribution is -2.38. The van der Waals surface area contributed by atoms with E-state index in [9.17, 15) is 0 Å². The van der Waals surface area contributed by atoms with E-state index in [0.717, 1.165) is 18.5 Å². The Morgan fingerprint density at radius 3 is 2.79 bits per heavy atom. The summed E-state index contributed by atoms with van der Waals surface area (Å²) in [5, 5.41) is 0. The van der Waals surface area contributed by atoms with Crippen LogP contribution in [-0.4, -0.2) is 55.5 Å². The first-order valence-corrected chi connectivity index (χ1v) is 6.22. The van der Waals surface area contributed by atoms with Gasteiger partial charge in [-0.2, -0.15) is 0 Å². The summed E-state index contributed by atoms with van der Waals surface area (Å²) in [6.45, 7) is 3.48. The van der Waals surface area contributed by atoms with Crippen molar-refractivity contribution in [2.45, 2.75) is 31.7 Å². The van der Waals surface area contributed by atoms with Gasteiger partial charge in [-0.1, -0.05) is 6.42 Å². The third kappa shape index (κ3) is 4.16. The van der Waals surface area contributed by atoms with E-state index in [2.05, 4.69) is 23.9 Å². The minimum absolute atomic E-state index is 0.747. The number of hydrogen-bond acceptors (Lipinski definition) is 2. The monoisotopic (exact) mass is 218 g/mol. The molecule has 0 N–H and O–H groups in total. The lowest BCUT2D eigenvalue weighted by Gasteiger charge is -2.33. The van der Waals surface area contributed by atoms with Gasteiger partial charge in [0.1, 0.15) is 0 Å². The minimum atomic E-state index is 0.747. The van der Waals surface area contributed by atoms with Crippen molar-refractivity contribution in [1.82, 2.24) is 9.80 Å². The molecule has 1 atom stereocenters. The predicted molar refractivity (Wildman–Crippen MR) is 63.1 cm³/mol. The molecule has 1 rings (SSSR count). The summed E-state index contributed by atoms with van der Waals surface area (Å²) in [5.74, 6) is 0.747. The Bertz CT molecular complexity index is 152. The summed E-state index contributed by atoms with van der Waals surface area (Å²) >= 11 is 5.69. The summed E-state index contributed by atoms with van der Waals surface area (Å²) < 4.78 is 0. The fraction of sp³-hybridized carbons (Fsp3) is 1.00. The van der Waals surface area contributed by atoms with Crippen molar-refractivity contribution in [3.63, 3.8) is 0 Å². The van der Waals surface area contributed by atoms with Crippen molar-refractivity contribution in [1.29, 1.82) is 0 Å². The van der Waals surface area contributed by atoms with Gasteiger partial charge >= 0.3 is 0 Å². The molecule has 0 radical (unpaired) electrons. The Morgan fingerprint density at radius 2 is 2.14 bits per heavy atom. The van der Waals surface area contributed by atoms with Gasteiger partial charge in [-0.05, 0) is 46.4 Å². The Morgan fingerprint density at radius 1 is 1.36 bits per heavy atom. The molecule has 1 unspecified atom stereocenters. The molecule has 0 aliphatic carbocycles. The summed E-state index contributed by atoms with van der Waals surface area (Å²) in [6.07, 6.45) is 5.47. The molecular weight excluding hydrogens is 196 g/mol. The van der Waals surface area contributed by atoms with E-state index in [-0.39, 0.29) is 0 Å². The van der Waals surface area contributed by atoms with Crippen LogP contribution in [0.1, 0.15) is 25.7 Å². The molecule has 1 fully saturated rings. The second kappa shape index (κ2) is 6.65. The van der Waals surface area contributed by atoms with Crippen LogP contribution in [0.2, 0.25) is 0 Å². The molecule has 0 amide bonds. The van der Waals surface area contributed by atoms with Crippen LogP contribution in [0.15, 0.2) is 0 Å². The van der Waals surface area contributed by atoms with E-state index in [1.807, 2.05) is 0 Å². The Labute approximate surface area is 93.2 Å². The lowest BCUT2D eigenvalue weighted by atomic mass is 10.00. The highest BCUT2D eigenvalue weighted by atomic mass is 35.5. The molecule has 0 saturated carbocycles. The SMILES string of the molecule is CN(CCCl)CCC1CCCCN1C. The molecule has 84 valence electrons. The second-order valence-corrected chi connectivity index (χ2v) is 4.79. The molecule has 1 aliphatic heterocycles. The normalized spacial score (nSPS) is 24.4. The number of nitrogens with zero attached hydrogens (tertiary/aromatic N) is 2. The minimum Gasteiger partial charge on any atom is -0.305 e. The average Bonchev–Trinajstić information content (AvgIpc) is 2.17. The third-order valence-corrected chi connectivity index (χ3v) is 3.40. The number of piperidine rings is 1. The molecular formula is C11H23ClN2. The molecule has 1 aliphatic rings. The standard InChI is InChI=1S/C11H23ClN2/c1-13(10-7-12)9-6-11-5-3-4-8-14(11)2/h11H,3-10H2,1-2H3. The van der Waals surface area contributed by atoms with Crippen LogP contribution in [0.25, 0.3) is 0 Å². The smallest absolute Gasteiger partial charge is 0.0351 e. The van der Waals surface area contributed by atoms with Gasteiger partial charge < -0.3 is 9.80 Å². The van der Waals surface area contributed by atoms with Gasteiger partial charge in [0.05, 0.1) is 0 Å². The van der Waals surface area contributed by atoms with Crippen LogP contribution in [-0.2, 0) is 0 Å². The zero-order chi connectivity index (χ0) is 10.4. The van der Waals surface area contributed by atoms with Crippen LogP contribution in [0, 0.1) is 0 Å². The van der Waals surface area contributed by atoms with Crippen LogP contribution in [0.4, 0.5) is 0 Å². The van der Waals surface area contributed by atoms with Crippen molar-refractivity contribution in [3.8, 4) is 0 Å². The topological polar surface area (TPSA) is 6.48 Å². The zero-order valence-corrected chi connectivity index (χ0v) is 10.3. The molecule has 0 aromatic heterocycles. The summed E-state index contributed by atoms with van der Waals surface area (Å²) in [7, 11) is 4.41. The summed E-state index contributed by atoms with van der Waals surface area (Å²) in [6, 6.07) is 0.807. The van der Waals surface area contributed by atoms with Crippen LogP contribution in [0.3, 0.4) is 0 Å². The highest BCUT2D eigenvalue weighted by molar-refractivity contribution is 6.18. The molecule has 0 aromatic rings. The third-order valence-electron chi connectivity index (χ3n) is 3.23. The predicted octanol–water partition coefficient (Wildman–Crippen LogP) is 2.03. The fourth-order valence-corrected chi connectivity index (χ4v) is 2.42. The van der Waals surface area contributed by atoms with Gasteiger partial charge in [0.25, 0.3) is 0 Å². The number of hydrogen-bond donors (Lipinski definition) is 0. The maximum absolute atomic E-state index is 5.69. The van der Waals surface area contributed by atoms with E-state index in [0.29, 0.717) is 0 Å². The van der Waals surface area contributed by atoms with E-state index < -0.39 is 0 Å². The van der Waals surface area contributed by atoms with Crippen LogP contribution < -0.4 is 0 Å². The van der Waals surface area contributed by atoms with Gasteiger partial charge in [-0.3, -0.25) is 0 Å².